The van der Waals surface area contributed by atoms with Gasteiger partial charge >= 0.3 is 5.97 Å². The average molecular weight is 277 g/mol. The van der Waals surface area contributed by atoms with Crippen LogP contribution in [-0.4, -0.2) is 30.1 Å². The molecule has 1 fully saturated rings. The first-order valence-electron chi connectivity index (χ1n) is 6.85. The van der Waals surface area contributed by atoms with E-state index < -0.39 is 5.97 Å². The zero-order chi connectivity index (χ0) is 14.4. The lowest BCUT2D eigenvalue weighted by atomic mass is 10.0. The van der Waals surface area contributed by atoms with Gasteiger partial charge in [-0.05, 0) is 31.4 Å². The lowest BCUT2D eigenvalue weighted by molar-refractivity contribution is -0.141. The summed E-state index contributed by atoms with van der Waals surface area (Å²) in [6, 6.07) is 9.40. The molecule has 2 rings (SSSR count). The second-order valence-electron chi connectivity index (χ2n) is 5.00. The maximum absolute atomic E-state index is 11.9. The molecule has 0 aromatic heterocycles. The van der Waals surface area contributed by atoms with Crippen LogP contribution in [0.25, 0.3) is 0 Å². The molecule has 2 N–H and O–H groups in total. The Morgan fingerprint density at radius 3 is 2.55 bits per heavy atom. The molecule has 0 radical (unpaired) electrons. The summed E-state index contributed by atoms with van der Waals surface area (Å²) >= 11 is 0. The van der Waals surface area contributed by atoms with Crippen LogP contribution in [0.1, 0.15) is 19.3 Å². The number of carbonyl (C=O) groups is 2. The summed E-state index contributed by atoms with van der Waals surface area (Å²) in [5.41, 5.74) is 0. The molecule has 5 nitrogen and oxygen atoms in total. The fourth-order valence-corrected chi connectivity index (χ4v) is 2.45. The number of hydrogen-bond acceptors (Lipinski definition) is 3. The molecule has 0 heterocycles. The first-order valence-corrected chi connectivity index (χ1v) is 6.85. The van der Waals surface area contributed by atoms with E-state index in [0.717, 1.165) is 5.75 Å². The van der Waals surface area contributed by atoms with Gasteiger partial charge in [0.05, 0.1) is 12.5 Å². The number of hydrogen-bond donors (Lipinski definition) is 2. The molecule has 108 valence electrons. The zero-order valence-electron chi connectivity index (χ0n) is 11.2. The molecule has 0 saturated heterocycles. The van der Waals surface area contributed by atoms with Crippen molar-refractivity contribution in [2.24, 2.45) is 11.8 Å². The average Bonchev–Trinajstić information content (AvgIpc) is 2.94. The standard InChI is InChI=1S/C15H19NO4/c17-14(11-6-7-12(10-11)15(18)19)16-8-9-20-13-4-2-1-3-5-13/h1-5,11-12H,6-10H2,(H,16,17)(H,18,19)/t11-,12+/m1/s1. The van der Waals surface area contributed by atoms with Crippen molar-refractivity contribution in [3.63, 3.8) is 0 Å². The Kier molecular flexibility index (Phi) is 4.98. The van der Waals surface area contributed by atoms with Crippen molar-refractivity contribution < 1.29 is 19.4 Å². The van der Waals surface area contributed by atoms with E-state index >= 15 is 0 Å². The minimum Gasteiger partial charge on any atom is -0.492 e. The van der Waals surface area contributed by atoms with Crippen LogP contribution in [-0.2, 0) is 9.59 Å². The summed E-state index contributed by atoms with van der Waals surface area (Å²) in [7, 11) is 0. The van der Waals surface area contributed by atoms with E-state index in [1.165, 1.54) is 0 Å². The largest absolute Gasteiger partial charge is 0.492 e. The molecular formula is C15H19NO4. The van der Waals surface area contributed by atoms with Crippen LogP contribution < -0.4 is 10.1 Å². The number of para-hydroxylation sites is 1. The Morgan fingerprint density at radius 1 is 1.20 bits per heavy atom. The summed E-state index contributed by atoms with van der Waals surface area (Å²) in [6.45, 7) is 0.840. The molecule has 1 amide bonds. The predicted octanol–water partition coefficient (Wildman–Crippen LogP) is 1.68. The Bertz CT molecular complexity index is 460. The van der Waals surface area contributed by atoms with E-state index in [2.05, 4.69) is 5.32 Å². The SMILES string of the molecule is O=C(O)[C@H]1CC[C@@H](C(=O)NCCOc2ccccc2)C1. The van der Waals surface area contributed by atoms with E-state index in [1.807, 2.05) is 30.3 Å². The van der Waals surface area contributed by atoms with Gasteiger partial charge < -0.3 is 15.2 Å². The van der Waals surface area contributed by atoms with Gasteiger partial charge in [0.2, 0.25) is 5.91 Å². The molecule has 1 aliphatic carbocycles. The molecule has 2 atom stereocenters. The summed E-state index contributed by atoms with van der Waals surface area (Å²) in [5.74, 6) is -0.633. The summed E-state index contributed by atoms with van der Waals surface area (Å²) in [6.07, 6.45) is 1.69. The molecule has 1 saturated carbocycles. The molecule has 20 heavy (non-hydrogen) atoms. The van der Waals surface area contributed by atoms with Gasteiger partial charge in [0.25, 0.3) is 0 Å². The van der Waals surface area contributed by atoms with Crippen molar-refractivity contribution in [3.05, 3.63) is 30.3 Å². The predicted molar refractivity (Wildman–Crippen MR) is 73.4 cm³/mol. The van der Waals surface area contributed by atoms with Gasteiger partial charge in [-0.15, -0.1) is 0 Å². The smallest absolute Gasteiger partial charge is 0.306 e. The van der Waals surface area contributed by atoms with Crippen LogP contribution in [0.15, 0.2) is 30.3 Å². The number of carboxylic acids is 1. The molecule has 0 aliphatic heterocycles. The van der Waals surface area contributed by atoms with Crippen molar-refractivity contribution in [2.75, 3.05) is 13.2 Å². The molecule has 0 unspecified atom stereocenters. The van der Waals surface area contributed by atoms with Crippen molar-refractivity contribution in [2.45, 2.75) is 19.3 Å². The number of amides is 1. The number of ether oxygens (including phenoxy) is 1. The van der Waals surface area contributed by atoms with E-state index in [9.17, 15) is 9.59 Å². The quantitative estimate of drug-likeness (QED) is 0.776. The molecule has 0 spiro atoms. The van der Waals surface area contributed by atoms with Crippen molar-refractivity contribution in [1.29, 1.82) is 0 Å². The second-order valence-corrected chi connectivity index (χ2v) is 5.00. The second kappa shape index (κ2) is 6.93. The Hall–Kier alpha value is -2.04. The Morgan fingerprint density at radius 2 is 1.90 bits per heavy atom. The van der Waals surface area contributed by atoms with Crippen LogP contribution in [0.3, 0.4) is 0 Å². The van der Waals surface area contributed by atoms with Gasteiger partial charge in [-0.1, -0.05) is 18.2 Å². The van der Waals surface area contributed by atoms with E-state index in [-0.39, 0.29) is 17.7 Å². The number of aliphatic carboxylic acids is 1. The third-order valence-electron chi connectivity index (χ3n) is 3.57. The zero-order valence-corrected chi connectivity index (χ0v) is 11.2. The fraction of sp³-hybridized carbons (Fsp3) is 0.467. The van der Waals surface area contributed by atoms with Crippen molar-refractivity contribution in [1.82, 2.24) is 5.32 Å². The van der Waals surface area contributed by atoms with Gasteiger partial charge in [0.15, 0.2) is 0 Å². The molecule has 1 aliphatic rings. The summed E-state index contributed by atoms with van der Waals surface area (Å²) in [5, 5.41) is 11.7. The normalized spacial score (nSPS) is 21.4. The van der Waals surface area contributed by atoms with Crippen LogP contribution in [0, 0.1) is 11.8 Å². The third kappa shape index (κ3) is 3.98. The maximum atomic E-state index is 11.9. The van der Waals surface area contributed by atoms with Gasteiger partial charge in [0, 0.05) is 5.92 Å². The van der Waals surface area contributed by atoms with Gasteiger partial charge in [-0.2, -0.15) is 0 Å². The number of carboxylic acid groups (broad SMARTS) is 1. The highest BCUT2D eigenvalue weighted by atomic mass is 16.5. The highest BCUT2D eigenvalue weighted by Gasteiger charge is 2.33. The van der Waals surface area contributed by atoms with Crippen molar-refractivity contribution >= 4 is 11.9 Å². The van der Waals surface area contributed by atoms with Crippen LogP contribution >= 0.6 is 0 Å². The Labute approximate surface area is 117 Å². The molecule has 1 aromatic carbocycles. The summed E-state index contributed by atoms with van der Waals surface area (Å²) in [4.78, 5) is 22.7. The monoisotopic (exact) mass is 277 g/mol. The number of nitrogens with one attached hydrogen (secondary N) is 1. The molecule has 0 bridgehead atoms. The Balaban J connectivity index is 1.65. The van der Waals surface area contributed by atoms with Crippen LogP contribution in [0.2, 0.25) is 0 Å². The van der Waals surface area contributed by atoms with Gasteiger partial charge in [-0.25, -0.2) is 0 Å². The lowest BCUT2D eigenvalue weighted by Gasteiger charge is -2.11. The van der Waals surface area contributed by atoms with Crippen LogP contribution in [0.5, 0.6) is 5.75 Å². The highest BCUT2D eigenvalue weighted by molar-refractivity contribution is 5.80. The fourth-order valence-electron chi connectivity index (χ4n) is 2.45. The molecule has 5 heteroatoms. The van der Waals surface area contributed by atoms with Crippen LogP contribution in [0.4, 0.5) is 0 Å². The highest BCUT2D eigenvalue weighted by Crippen LogP contribution is 2.30. The third-order valence-corrected chi connectivity index (χ3v) is 3.57. The first kappa shape index (κ1) is 14.4. The minimum absolute atomic E-state index is 0.0644. The van der Waals surface area contributed by atoms with Gasteiger partial charge in [0.1, 0.15) is 12.4 Å². The number of carbonyl (C=O) groups excluding carboxylic acids is 1. The van der Waals surface area contributed by atoms with E-state index in [4.69, 9.17) is 9.84 Å². The van der Waals surface area contributed by atoms with E-state index in [0.29, 0.717) is 32.4 Å². The maximum Gasteiger partial charge on any atom is 0.306 e. The first-order chi connectivity index (χ1) is 9.66. The van der Waals surface area contributed by atoms with E-state index in [1.54, 1.807) is 0 Å². The summed E-state index contributed by atoms with van der Waals surface area (Å²) < 4.78 is 5.47. The lowest BCUT2D eigenvalue weighted by Crippen LogP contribution is -2.33. The molecule has 1 aromatic rings. The number of benzene rings is 1. The van der Waals surface area contributed by atoms with Crippen molar-refractivity contribution in [3.8, 4) is 5.75 Å². The minimum atomic E-state index is -0.798. The number of rotatable bonds is 6. The molecular weight excluding hydrogens is 258 g/mol. The topological polar surface area (TPSA) is 75.6 Å². The van der Waals surface area contributed by atoms with Gasteiger partial charge in [-0.3, -0.25) is 9.59 Å².